The Morgan fingerprint density at radius 2 is 1.54 bits per heavy atom. The van der Waals surface area contributed by atoms with E-state index in [0.717, 1.165) is 11.1 Å². The van der Waals surface area contributed by atoms with Crippen LogP contribution in [0.2, 0.25) is 0 Å². The van der Waals surface area contributed by atoms with Crippen molar-refractivity contribution >= 4 is 22.5 Å². The number of carbonyl (C=O) groups is 1. The highest BCUT2D eigenvalue weighted by molar-refractivity contribution is 5.92. The van der Waals surface area contributed by atoms with Crippen molar-refractivity contribution < 1.29 is 9.53 Å². The lowest BCUT2D eigenvalue weighted by Gasteiger charge is -2.13. The monoisotopic (exact) mass is 461 g/mol. The van der Waals surface area contributed by atoms with Crippen molar-refractivity contribution in [2.45, 2.75) is 6.92 Å². The Kier molecular flexibility index (Phi) is 6.09. The van der Waals surface area contributed by atoms with E-state index >= 15 is 0 Å². The highest BCUT2D eigenvalue weighted by atomic mass is 16.5. The van der Waals surface area contributed by atoms with Gasteiger partial charge in [0.2, 0.25) is 0 Å². The first-order chi connectivity index (χ1) is 17.1. The van der Waals surface area contributed by atoms with E-state index < -0.39 is 0 Å². The van der Waals surface area contributed by atoms with Gasteiger partial charge in [-0.3, -0.25) is 14.2 Å². The van der Waals surface area contributed by atoms with Crippen LogP contribution in [0.1, 0.15) is 5.82 Å². The number of hydrogen-bond acceptors (Lipinski definition) is 4. The molecule has 0 saturated carbocycles. The number of aromatic nitrogens is 2. The van der Waals surface area contributed by atoms with E-state index in [4.69, 9.17) is 4.74 Å². The molecule has 0 aliphatic heterocycles. The maximum atomic E-state index is 13.0. The smallest absolute Gasteiger partial charge is 0.265 e. The van der Waals surface area contributed by atoms with Gasteiger partial charge in [-0.1, -0.05) is 60.7 Å². The minimum Gasteiger partial charge on any atom is -0.483 e. The van der Waals surface area contributed by atoms with E-state index in [1.54, 1.807) is 41.8 Å². The minimum absolute atomic E-state index is 0.126. The Labute approximate surface area is 202 Å². The largest absolute Gasteiger partial charge is 0.483 e. The van der Waals surface area contributed by atoms with E-state index in [1.165, 1.54) is 0 Å². The van der Waals surface area contributed by atoms with Gasteiger partial charge in [-0.25, -0.2) is 4.98 Å². The van der Waals surface area contributed by atoms with E-state index in [2.05, 4.69) is 10.3 Å². The van der Waals surface area contributed by atoms with Gasteiger partial charge < -0.3 is 10.1 Å². The van der Waals surface area contributed by atoms with Gasteiger partial charge in [0, 0.05) is 11.3 Å². The Morgan fingerprint density at radius 3 is 2.34 bits per heavy atom. The van der Waals surface area contributed by atoms with E-state index in [0.29, 0.717) is 33.9 Å². The molecule has 1 amide bonds. The number of hydrogen-bond donors (Lipinski definition) is 1. The lowest BCUT2D eigenvalue weighted by Crippen LogP contribution is -2.22. The van der Waals surface area contributed by atoms with Crippen molar-refractivity contribution in [1.29, 1.82) is 0 Å². The topological polar surface area (TPSA) is 73.2 Å². The van der Waals surface area contributed by atoms with Crippen LogP contribution < -0.4 is 15.6 Å². The number of amides is 1. The molecule has 0 spiro atoms. The van der Waals surface area contributed by atoms with Crippen LogP contribution in [0.25, 0.3) is 27.7 Å². The normalized spacial score (nSPS) is 10.8. The molecule has 0 aliphatic rings. The summed E-state index contributed by atoms with van der Waals surface area (Å²) in [5, 5.41) is 3.40. The van der Waals surface area contributed by atoms with Gasteiger partial charge in [0.1, 0.15) is 11.6 Å². The second kappa shape index (κ2) is 9.65. The zero-order valence-corrected chi connectivity index (χ0v) is 19.1. The number of aryl methyl sites for hydroxylation is 1. The van der Waals surface area contributed by atoms with Gasteiger partial charge in [-0.05, 0) is 55.0 Å². The van der Waals surface area contributed by atoms with Gasteiger partial charge in [0.25, 0.3) is 11.5 Å². The summed E-state index contributed by atoms with van der Waals surface area (Å²) in [6.45, 7) is 1.67. The van der Waals surface area contributed by atoms with Crippen LogP contribution in [-0.2, 0) is 4.79 Å². The van der Waals surface area contributed by atoms with Crippen molar-refractivity contribution in [3.8, 4) is 22.6 Å². The van der Waals surface area contributed by atoms with Crippen LogP contribution in [-0.4, -0.2) is 22.1 Å². The Bertz CT molecular complexity index is 1560. The number of nitrogens with one attached hydrogen (secondary N) is 1. The van der Waals surface area contributed by atoms with E-state index in [9.17, 15) is 9.59 Å². The van der Waals surface area contributed by atoms with Gasteiger partial charge in [-0.2, -0.15) is 0 Å². The molecule has 0 fully saturated rings. The average molecular weight is 462 g/mol. The predicted molar refractivity (Wildman–Crippen MR) is 138 cm³/mol. The summed E-state index contributed by atoms with van der Waals surface area (Å²) in [4.78, 5) is 30.1. The van der Waals surface area contributed by atoms with Crippen LogP contribution in [0, 0.1) is 6.92 Å². The summed E-state index contributed by atoms with van der Waals surface area (Å²) in [6, 6.07) is 31.9. The van der Waals surface area contributed by atoms with Crippen molar-refractivity contribution in [1.82, 2.24) is 9.55 Å². The maximum Gasteiger partial charge on any atom is 0.265 e. The van der Waals surface area contributed by atoms with Crippen molar-refractivity contribution in [3.63, 3.8) is 0 Å². The molecule has 5 rings (SSSR count). The second-order valence-electron chi connectivity index (χ2n) is 8.06. The molecule has 0 radical (unpaired) electrons. The van der Waals surface area contributed by atoms with E-state index in [1.807, 2.05) is 72.8 Å². The Hall–Kier alpha value is -4.71. The fourth-order valence-corrected chi connectivity index (χ4v) is 4.03. The molecule has 35 heavy (non-hydrogen) atoms. The molecule has 0 bridgehead atoms. The second-order valence-corrected chi connectivity index (χ2v) is 8.06. The lowest BCUT2D eigenvalue weighted by molar-refractivity contribution is -0.118. The molecule has 6 nitrogen and oxygen atoms in total. The number of fused-ring (bicyclic) bond motifs is 1. The van der Waals surface area contributed by atoms with Gasteiger partial charge in [0.15, 0.2) is 6.61 Å². The fraction of sp³-hybridized carbons (Fsp3) is 0.0690. The first kappa shape index (κ1) is 22.1. The Morgan fingerprint density at radius 1 is 0.857 bits per heavy atom. The zero-order valence-electron chi connectivity index (χ0n) is 19.1. The number of carbonyl (C=O) groups excluding carboxylic acids is 1. The zero-order chi connectivity index (χ0) is 24.2. The average Bonchev–Trinajstić information content (AvgIpc) is 2.89. The number of benzene rings is 4. The molecular weight excluding hydrogens is 438 g/mol. The van der Waals surface area contributed by atoms with Crippen LogP contribution in [0.4, 0.5) is 5.69 Å². The van der Waals surface area contributed by atoms with Crippen LogP contribution >= 0.6 is 0 Å². The van der Waals surface area contributed by atoms with Gasteiger partial charge in [0.05, 0.1) is 16.6 Å². The number of para-hydroxylation sites is 2. The predicted octanol–water partition coefficient (Wildman–Crippen LogP) is 5.38. The molecule has 6 heteroatoms. The van der Waals surface area contributed by atoms with Crippen LogP contribution in [0.3, 0.4) is 0 Å². The molecule has 0 atom stereocenters. The lowest BCUT2D eigenvalue weighted by atomic mass is 10.1. The molecule has 1 heterocycles. The SMILES string of the molecule is Cc1nc2ccccc2c(=O)n1-c1ccc(NC(=O)COc2ccccc2-c2ccccc2)cc1. The highest BCUT2D eigenvalue weighted by Gasteiger charge is 2.11. The summed E-state index contributed by atoms with van der Waals surface area (Å²) < 4.78 is 7.39. The minimum atomic E-state index is -0.277. The first-order valence-electron chi connectivity index (χ1n) is 11.3. The quantitative estimate of drug-likeness (QED) is 0.369. The summed E-state index contributed by atoms with van der Waals surface area (Å²) in [7, 11) is 0. The van der Waals surface area contributed by atoms with E-state index in [-0.39, 0.29) is 18.1 Å². The third-order valence-electron chi connectivity index (χ3n) is 5.68. The van der Waals surface area contributed by atoms with Gasteiger partial charge in [-0.15, -0.1) is 0 Å². The molecule has 0 aliphatic carbocycles. The number of anilines is 1. The summed E-state index contributed by atoms with van der Waals surface area (Å²) in [5.41, 5.74) is 3.78. The molecule has 172 valence electrons. The summed E-state index contributed by atoms with van der Waals surface area (Å²) >= 11 is 0. The molecule has 0 saturated heterocycles. The molecule has 0 unspecified atom stereocenters. The van der Waals surface area contributed by atoms with Gasteiger partial charge >= 0.3 is 0 Å². The molecule has 1 N–H and O–H groups in total. The molecular formula is C29H23N3O3. The fourth-order valence-electron chi connectivity index (χ4n) is 4.03. The number of rotatable bonds is 6. The number of nitrogens with zero attached hydrogens (tertiary/aromatic N) is 2. The molecule has 1 aromatic heterocycles. The van der Waals surface area contributed by atoms with Crippen molar-refractivity contribution in [2.24, 2.45) is 0 Å². The summed E-state index contributed by atoms with van der Waals surface area (Å²) in [5.74, 6) is 0.958. The van der Waals surface area contributed by atoms with Crippen molar-refractivity contribution in [3.05, 3.63) is 119 Å². The number of ether oxygens (including phenoxy) is 1. The standard InChI is InChI=1S/C29H23N3O3/c1-20-30-26-13-7-5-12-25(26)29(34)32(20)23-17-15-22(16-18-23)31-28(33)19-35-27-14-8-6-11-24(27)21-9-3-2-4-10-21/h2-18H,19H2,1H3,(H,31,33). The Balaban J connectivity index is 1.29. The maximum absolute atomic E-state index is 13.0. The highest BCUT2D eigenvalue weighted by Crippen LogP contribution is 2.29. The van der Waals surface area contributed by atoms with Crippen LogP contribution in [0.15, 0.2) is 108 Å². The molecule has 4 aromatic carbocycles. The van der Waals surface area contributed by atoms with Crippen molar-refractivity contribution in [2.75, 3.05) is 11.9 Å². The third-order valence-corrected chi connectivity index (χ3v) is 5.68. The summed E-state index contributed by atoms with van der Waals surface area (Å²) in [6.07, 6.45) is 0. The third kappa shape index (κ3) is 4.68. The van der Waals surface area contributed by atoms with Crippen LogP contribution in [0.5, 0.6) is 5.75 Å². The first-order valence-corrected chi connectivity index (χ1v) is 11.3. The molecule has 5 aromatic rings.